The van der Waals surface area contributed by atoms with Gasteiger partial charge >= 0.3 is 6.09 Å². The summed E-state index contributed by atoms with van der Waals surface area (Å²) in [6.45, 7) is 9.21. The molecular formula is C21H31N5O3S. The van der Waals surface area contributed by atoms with Gasteiger partial charge in [0.1, 0.15) is 21.1 Å². The van der Waals surface area contributed by atoms with Gasteiger partial charge in [-0.15, -0.1) is 11.3 Å². The minimum atomic E-state index is -0.520. The highest BCUT2D eigenvalue weighted by Crippen LogP contribution is 2.37. The molecule has 30 heavy (non-hydrogen) atoms. The van der Waals surface area contributed by atoms with Crippen molar-refractivity contribution in [2.75, 3.05) is 23.7 Å². The molecule has 1 saturated heterocycles. The Labute approximate surface area is 181 Å². The lowest BCUT2D eigenvalue weighted by Gasteiger charge is -2.33. The third-order valence-corrected chi connectivity index (χ3v) is 6.16. The van der Waals surface area contributed by atoms with Gasteiger partial charge in [0.15, 0.2) is 0 Å². The van der Waals surface area contributed by atoms with Crippen molar-refractivity contribution in [3.05, 3.63) is 16.5 Å². The average molecular weight is 434 g/mol. The second-order valence-corrected chi connectivity index (χ2v) is 9.69. The number of nitrogens with one attached hydrogen (secondary N) is 1. The number of primary amides is 1. The lowest BCUT2D eigenvalue weighted by molar-refractivity contribution is 0.0497. The third kappa shape index (κ3) is 4.95. The van der Waals surface area contributed by atoms with Crippen molar-refractivity contribution in [3.8, 4) is 0 Å². The predicted molar refractivity (Wildman–Crippen MR) is 121 cm³/mol. The molecule has 3 rings (SSSR count). The number of aryl methyl sites for hydroxylation is 1. The van der Waals surface area contributed by atoms with Gasteiger partial charge in [-0.25, -0.2) is 9.78 Å². The molecule has 9 heteroatoms. The fraction of sp³-hybridized carbons (Fsp3) is 0.571. The van der Waals surface area contributed by atoms with E-state index in [1.54, 1.807) is 0 Å². The van der Waals surface area contributed by atoms with E-state index in [9.17, 15) is 9.59 Å². The summed E-state index contributed by atoms with van der Waals surface area (Å²) >= 11 is 1.25. The molecule has 3 heterocycles. The van der Waals surface area contributed by atoms with Crippen LogP contribution in [0, 0.1) is 0 Å². The first-order chi connectivity index (χ1) is 14.1. The minimum Gasteiger partial charge on any atom is -0.444 e. The van der Waals surface area contributed by atoms with Crippen molar-refractivity contribution < 1.29 is 14.3 Å². The summed E-state index contributed by atoms with van der Waals surface area (Å²) in [7, 11) is 0. The third-order valence-electron chi connectivity index (χ3n) is 5.05. The molecule has 0 aromatic carbocycles. The summed E-state index contributed by atoms with van der Waals surface area (Å²) in [5.74, 6) is 0.354. The first-order valence-electron chi connectivity index (χ1n) is 10.3. The van der Waals surface area contributed by atoms with Crippen LogP contribution in [0.4, 0.5) is 16.3 Å². The zero-order chi connectivity index (χ0) is 22.1. The Balaban J connectivity index is 1.76. The van der Waals surface area contributed by atoms with Crippen LogP contribution in [0.1, 0.15) is 62.2 Å². The highest BCUT2D eigenvalue weighted by Gasteiger charge is 2.26. The van der Waals surface area contributed by atoms with Crippen LogP contribution >= 0.6 is 11.3 Å². The molecule has 0 spiro atoms. The predicted octanol–water partition coefficient (Wildman–Crippen LogP) is 3.42. The van der Waals surface area contributed by atoms with E-state index < -0.39 is 11.5 Å². The SMILES string of the molecule is CCCc1cc(N2CCC(NC(=O)OC(C)(C)C)CC2)nc2sc(C(N)=O)c(N)c12. The van der Waals surface area contributed by atoms with Gasteiger partial charge in [-0.1, -0.05) is 13.3 Å². The van der Waals surface area contributed by atoms with Crippen LogP contribution in [0.3, 0.4) is 0 Å². The molecule has 0 bridgehead atoms. The number of aromatic nitrogens is 1. The fourth-order valence-electron chi connectivity index (χ4n) is 3.72. The van der Waals surface area contributed by atoms with Gasteiger partial charge < -0.3 is 26.4 Å². The molecule has 5 N–H and O–H groups in total. The molecule has 0 saturated carbocycles. The molecule has 1 aliphatic rings. The number of piperidine rings is 1. The summed E-state index contributed by atoms with van der Waals surface area (Å²) in [4.78, 5) is 31.9. The normalized spacial score (nSPS) is 15.4. The molecule has 1 fully saturated rings. The van der Waals surface area contributed by atoms with Gasteiger partial charge in [-0.05, 0) is 51.7 Å². The number of thiophene rings is 1. The number of alkyl carbamates (subject to hydrolysis) is 1. The number of rotatable bonds is 5. The maximum Gasteiger partial charge on any atom is 0.407 e. The molecule has 0 atom stereocenters. The van der Waals surface area contributed by atoms with Gasteiger partial charge in [0.25, 0.3) is 5.91 Å². The number of ether oxygens (including phenoxy) is 1. The van der Waals surface area contributed by atoms with Crippen LogP contribution in [0.25, 0.3) is 10.2 Å². The van der Waals surface area contributed by atoms with E-state index in [0.29, 0.717) is 10.6 Å². The van der Waals surface area contributed by atoms with Crippen LogP contribution in [0.15, 0.2) is 6.07 Å². The number of amides is 2. The fourth-order valence-corrected chi connectivity index (χ4v) is 4.71. The number of pyridine rings is 1. The zero-order valence-corrected chi connectivity index (χ0v) is 18.9. The Morgan fingerprint density at radius 2 is 2.00 bits per heavy atom. The van der Waals surface area contributed by atoms with Gasteiger partial charge in [-0.2, -0.15) is 0 Å². The number of hydrogen-bond acceptors (Lipinski definition) is 7. The van der Waals surface area contributed by atoms with Gasteiger partial charge in [-0.3, -0.25) is 4.79 Å². The highest BCUT2D eigenvalue weighted by molar-refractivity contribution is 7.21. The maximum absolute atomic E-state index is 12.0. The Bertz CT molecular complexity index is 942. The van der Waals surface area contributed by atoms with E-state index in [2.05, 4.69) is 23.2 Å². The Hall–Kier alpha value is -2.55. The number of nitrogens with zero attached hydrogens (tertiary/aromatic N) is 2. The molecule has 2 aromatic rings. The minimum absolute atomic E-state index is 0.0776. The van der Waals surface area contributed by atoms with E-state index in [1.807, 2.05) is 20.8 Å². The topological polar surface area (TPSA) is 124 Å². The quantitative estimate of drug-likeness (QED) is 0.664. The number of anilines is 2. The van der Waals surface area contributed by atoms with Gasteiger partial charge in [0.2, 0.25) is 0 Å². The van der Waals surface area contributed by atoms with Crippen molar-refractivity contribution in [1.29, 1.82) is 0 Å². The molecule has 2 aromatic heterocycles. The highest BCUT2D eigenvalue weighted by atomic mass is 32.1. The van der Waals surface area contributed by atoms with E-state index in [-0.39, 0.29) is 12.1 Å². The average Bonchev–Trinajstić information content (AvgIpc) is 2.98. The monoisotopic (exact) mass is 433 g/mol. The van der Waals surface area contributed by atoms with Gasteiger partial charge in [0.05, 0.1) is 5.69 Å². The first kappa shape index (κ1) is 22.1. The van der Waals surface area contributed by atoms with Crippen molar-refractivity contribution in [3.63, 3.8) is 0 Å². The standard InChI is InChI=1S/C21H31N5O3S/c1-5-6-12-11-14(25-19-15(12)16(22)17(30-19)18(23)27)26-9-7-13(8-10-26)24-20(28)29-21(2,3)4/h11,13H,5-10,22H2,1-4H3,(H2,23,27)(H,24,28). The zero-order valence-electron chi connectivity index (χ0n) is 18.1. The maximum atomic E-state index is 12.0. The van der Waals surface area contributed by atoms with Crippen molar-refractivity contribution in [1.82, 2.24) is 10.3 Å². The van der Waals surface area contributed by atoms with Crippen LogP contribution in [-0.4, -0.2) is 41.7 Å². The first-order valence-corrected chi connectivity index (χ1v) is 11.2. The van der Waals surface area contributed by atoms with Crippen LogP contribution in [0.2, 0.25) is 0 Å². The summed E-state index contributed by atoms with van der Waals surface area (Å²) < 4.78 is 5.35. The van der Waals surface area contributed by atoms with Crippen LogP contribution in [0.5, 0.6) is 0 Å². The summed E-state index contributed by atoms with van der Waals surface area (Å²) in [5, 5.41) is 3.81. The van der Waals surface area contributed by atoms with E-state index in [4.69, 9.17) is 21.2 Å². The Morgan fingerprint density at radius 1 is 1.33 bits per heavy atom. The number of hydrogen-bond donors (Lipinski definition) is 3. The van der Waals surface area contributed by atoms with E-state index in [0.717, 1.165) is 60.4 Å². The second kappa shape index (κ2) is 8.67. The summed E-state index contributed by atoms with van der Waals surface area (Å²) in [5.41, 5.74) is 12.7. The molecule has 0 radical (unpaired) electrons. The summed E-state index contributed by atoms with van der Waals surface area (Å²) in [6.07, 6.45) is 3.05. The molecule has 0 unspecified atom stereocenters. The Morgan fingerprint density at radius 3 is 2.57 bits per heavy atom. The van der Waals surface area contributed by atoms with Crippen molar-refractivity contribution >= 4 is 45.1 Å². The lowest BCUT2D eigenvalue weighted by atomic mass is 10.0. The molecule has 0 aliphatic carbocycles. The Kier molecular flexibility index (Phi) is 6.40. The molecule has 1 aliphatic heterocycles. The number of carbonyl (C=O) groups excluding carboxylic acids is 2. The number of nitrogen functional groups attached to an aromatic ring is 1. The second-order valence-electron chi connectivity index (χ2n) is 8.69. The number of fused-ring (bicyclic) bond motifs is 1. The van der Waals surface area contributed by atoms with E-state index in [1.165, 1.54) is 11.3 Å². The van der Waals surface area contributed by atoms with Gasteiger partial charge in [0, 0.05) is 24.5 Å². The van der Waals surface area contributed by atoms with Crippen molar-refractivity contribution in [2.45, 2.75) is 65.0 Å². The molecular weight excluding hydrogens is 402 g/mol. The molecule has 8 nitrogen and oxygen atoms in total. The van der Waals surface area contributed by atoms with Crippen molar-refractivity contribution in [2.24, 2.45) is 5.73 Å². The van der Waals surface area contributed by atoms with Crippen LogP contribution in [-0.2, 0) is 11.2 Å². The number of carbonyl (C=O) groups is 2. The van der Waals surface area contributed by atoms with E-state index >= 15 is 0 Å². The summed E-state index contributed by atoms with van der Waals surface area (Å²) in [6, 6.07) is 2.15. The number of nitrogens with two attached hydrogens (primary N) is 2. The smallest absolute Gasteiger partial charge is 0.407 e. The largest absolute Gasteiger partial charge is 0.444 e. The molecule has 164 valence electrons. The van der Waals surface area contributed by atoms with Crippen LogP contribution < -0.4 is 21.7 Å². The lowest BCUT2D eigenvalue weighted by Crippen LogP contribution is -2.46. The molecule has 2 amide bonds.